The van der Waals surface area contributed by atoms with E-state index in [9.17, 15) is 9.90 Å². The van der Waals surface area contributed by atoms with Crippen LogP contribution in [0.15, 0.2) is 35.6 Å². The van der Waals surface area contributed by atoms with E-state index in [0.717, 1.165) is 24.3 Å². The predicted molar refractivity (Wildman–Crippen MR) is 98.2 cm³/mol. The molecule has 3 heteroatoms. The van der Waals surface area contributed by atoms with E-state index in [-0.39, 0.29) is 17.1 Å². The summed E-state index contributed by atoms with van der Waals surface area (Å²) in [6.07, 6.45) is 7.47. The van der Waals surface area contributed by atoms with E-state index >= 15 is 0 Å². The topological polar surface area (TPSA) is 46.5 Å². The van der Waals surface area contributed by atoms with Gasteiger partial charge in [0.2, 0.25) is 0 Å². The Morgan fingerprint density at radius 2 is 1.67 bits per heavy atom. The first kappa shape index (κ1) is 19.8. The lowest BCUT2D eigenvalue weighted by Gasteiger charge is -2.06. The van der Waals surface area contributed by atoms with Crippen LogP contribution in [0.3, 0.4) is 0 Å². The summed E-state index contributed by atoms with van der Waals surface area (Å²) in [6, 6.07) is 7.47. The second kappa shape index (κ2) is 11.3. The number of carbonyl (C=O) groups is 1. The quantitative estimate of drug-likeness (QED) is 0.293. The summed E-state index contributed by atoms with van der Waals surface area (Å²) < 4.78 is 5.72. The number of carbonyl (C=O) groups excluding carboxylic acids is 1. The van der Waals surface area contributed by atoms with Crippen molar-refractivity contribution in [2.75, 3.05) is 6.61 Å². The van der Waals surface area contributed by atoms with Crippen molar-refractivity contribution in [2.24, 2.45) is 0 Å². The average Bonchev–Trinajstić information content (AvgIpc) is 2.55. The van der Waals surface area contributed by atoms with Crippen molar-refractivity contribution in [3.05, 3.63) is 41.2 Å². The van der Waals surface area contributed by atoms with Crippen LogP contribution in [0.2, 0.25) is 0 Å². The molecule has 0 heterocycles. The zero-order valence-electron chi connectivity index (χ0n) is 15.0. The van der Waals surface area contributed by atoms with E-state index < -0.39 is 0 Å². The highest BCUT2D eigenvalue weighted by Crippen LogP contribution is 2.13. The van der Waals surface area contributed by atoms with Gasteiger partial charge in [0.25, 0.3) is 0 Å². The van der Waals surface area contributed by atoms with Crippen molar-refractivity contribution >= 4 is 5.78 Å². The number of ketones is 1. The van der Waals surface area contributed by atoms with Crippen molar-refractivity contribution in [2.45, 2.75) is 59.3 Å². The highest BCUT2D eigenvalue weighted by molar-refractivity contribution is 5.98. The van der Waals surface area contributed by atoms with E-state index in [1.807, 2.05) is 24.3 Å². The van der Waals surface area contributed by atoms with Crippen molar-refractivity contribution in [3.8, 4) is 17.6 Å². The number of aliphatic hydroxyl groups excluding tert-OH is 1. The number of ether oxygens (including phenoxy) is 1. The maximum absolute atomic E-state index is 11.4. The molecule has 24 heavy (non-hydrogen) atoms. The minimum Gasteiger partial charge on any atom is -0.511 e. The first-order chi connectivity index (χ1) is 11.5. The van der Waals surface area contributed by atoms with E-state index in [1.165, 1.54) is 46.0 Å². The fourth-order valence-corrected chi connectivity index (χ4v) is 2.27. The largest absolute Gasteiger partial charge is 0.511 e. The standard InChI is InChI=1S/C21H28O3/c1-4-5-6-7-8-9-16-24-20-13-10-19(11-14-20)12-15-21(17(2)22)18(3)23/h10-11,13-14,22H,4-9,16H2,1-3H3/b21-17-. The Kier molecular flexibility index (Phi) is 9.38. The Morgan fingerprint density at radius 1 is 1.04 bits per heavy atom. The molecule has 130 valence electrons. The Bertz CT molecular complexity index is 596. The van der Waals surface area contributed by atoms with E-state index in [4.69, 9.17) is 4.74 Å². The number of rotatable bonds is 9. The third-order valence-electron chi connectivity index (χ3n) is 3.67. The van der Waals surface area contributed by atoms with E-state index in [2.05, 4.69) is 18.8 Å². The molecular weight excluding hydrogens is 300 g/mol. The molecule has 1 N–H and O–H groups in total. The number of unbranched alkanes of at least 4 members (excludes halogenated alkanes) is 5. The fourth-order valence-electron chi connectivity index (χ4n) is 2.27. The lowest BCUT2D eigenvalue weighted by atomic mass is 10.1. The molecule has 3 nitrogen and oxygen atoms in total. The van der Waals surface area contributed by atoms with Crippen LogP contribution in [0.5, 0.6) is 5.75 Å². The number of benzene rings is 1. The van der Waals surface area contributed by atoms with Gasteiger partial charge in [-0.1, -0.05) is 50.9 Å². The Morgan fingerprint density at radius 3 is 2.25 bits per heavy atom. The molecule has 0 unspecified atom stereocenters. The molecule has 0 aliphatic heterocycles. The van der Waals surface area contributed by atoms with Gasteiger partial charge in [0.1, 0.15) is 17.1 Å². The van der Waals surface area contributed by atoms with Crippen LogP contribution < -0.4 is 4.74 Å². The molecule has 0 spiro atoms. The zero-order valence-corrected chi connectivity index (χ0v) is 15.0. The summed E-state index contributed by atoms with van der Waals surface area (Å²) in [5.41, 5.74) is 0.931. The molecule has 0 aliphatic carbocycles. The van der Waals surface area contributed by atoms with Crippen LogP contribution in [0.25, 0.3) is 0 Å². The van der Waals surface area contributed by atoms with Gasteiger partial charge in [-0.25, -0.2) is 0 Å². The molecular formula is C21H28O3. The van der Waals surface area contributed by atoms with Crippen molar-refractivity contribution in [3.63, 3.8) is 0 Å². The monoisotopic (exact) mass is 328 g/mol. The average molecular weight is 328 g/mol. The van der Waals surface area contributed by atoms with Gasteiger partial charge in [-0.2, -0.15) is 0 Å². The summed E-state index contributed by atoms with van der Waals surface area (Å²) in [4.78, 5) is 11.4. The third-order valence-corrected chi connectivity index (χ3v) is 3.67. The number of hydrogen-bond acceptors (Lipinski definition) is 3. The lowest BCUT2D eigenvalue weighted by Crippen LogP contribution is -1.98. The summed E-state index contributed by atoms with van der Waals surface area (Å²) in [5.74, 6) is 6.15. The van der Waals surface area contributed by atoms with Gasteiger partial charge in [-0.15, -0.1) is 0 Å². The highest BCUT2D eigenvalue weighted by Gasteiger charge is 2.03. The lowest BCUT2D eigenvalue weighted by molar-refractivity contribution is -0.113. The summed E-state index contributed by atoms with van der Waals surface area (Å²) in [7, 11) is 0. The molecule has 1 aromatic carbocycles. The maximum Gasteiger partial charge on any atom is 0.171 e. The van der Waals surface area contributed by atoms with Gasteiger partial charge < -0.3 is 9.84 Å². The summed E-state index contributed by atoms with van der Waals surface area (Å²) in [5, 5.41) is 9.43. The van der Waals surface area contributed by atoms with Gasteiger partial charge in [0.05, 0.1) is 6.61 Å². The second-order valence-corrected chi connectivity index (χ2v) is 5.91. The van der Waals surface area contributed by atoms with Crippen LogP contribution in [0, 0.1) is 11.8 Å². The molecule has 0 saturated heterocycles. The van der Waals surface area contributed by atoms with Crippen molar-refractivity contribution in [1.82, 2.24) is 0 Å². The van der Waals surface area contributed by atoms with Gasteiger partial charge >= 0.3 is 0 Å². The van der Waals surface area contributed by atoms with E-state index in [0.29, 0.717) is 0 Å². The van der Waals surface area contributed by atoms with Crippen LogP contribution >= 0.6 is 0 Å². The van der Waals surface area contributed by atoms with Crippen LogP contribution in [0.1, 0.15) is 64.9 Å². The third kappa shape index (κ3) is 7.87. The Hall–Kier alpha value is -2.21. The molecule has 1 aromatic rings. The normalized spacial score (nSPS) is 11.3. The van der Waals surface area contributed by atoms with E-state index in [1.54, 1.807) is 0 Å². The summed E-state index contributed by atoms with van der Waals surface area (Å²) in [6.45, 7) is 5.81. The second-order valence-electron chi connectivity index (χ2n) is 5.91. The maximum atomic E-state index is 11.4. The Labute approximate surface area is 145 Å². The SMILES string of the molecule is CCCCCCCCOc1ccc(C#C/C(C(C)=O)=C(\C)O)cc1. The fraction of sp³-hybridized carbons (Fsp3) is 0.476. The molecule has 0 amide bonds. The first-order valence-electron chi connectivity index (χ1n) is 8.70. The van der Waals surface area contributed by atoms with Crippen LogP contribution in [-0.2, 0) is 4.79 Å². The van der Waals surface area contributed by atoms with Gasteiger partial charge in [-0.05, 0) is 44.5 Å². The minimum atomic E-state index is -0.235. The number of hydrogen-bond donors (Lipinski definition) is 1. The van der Waals surface area contributed by atoms with Crippen molar-refractivity contribution in [1.29, 1.82) is 0 Å². The number of aliphatic hydroxyl groups is 1. The zero-order chi connectivity index (χ0) is 17.8. The smallest absolute Gasteiger partial charge is 0.171 e. The molecule has 0 bridgehead atoms. The molecule has 1 rings (SSSR count). The van der Waals surface area contributed by atoms with Gasteiger partial charge in [0, 0.05) is 5.56 Å². The molecule has 0 fully saturated rings. The first-order valence-corrected chi connectivity index (χ1v) is 8.70. The Balaban J connectivity index is 2.44. The highest BCUT2D eigenvalue weighted by atomic mass is 16.5. The molecule has 0 saturated carbocycles. The van der Waals surface area contributed by atoms with Crippen molar-refractivity contribution < 1.29 is 14.6 Å². The molecule has 0 atom stereocenters. The molecule has 0 radical (unpaired) electrons. The number of Topliss-reactive ketones (excluding diaryl/α,β-unsaturated/α-hetero) is 1. The van der Waals surface area contributed by atoms with Gasteiger partial charge in [0.15, 0.2) is 5.78 Å². The summed E-state index contributed by atoms with van der Waals surface area (Å²) >= 11 is 0. The predicted octanol–water partition coefficient (Wildman–Crippen LogP) is 5.20. The van der Waals surface area contributed by atoms with Crippen LogP contribution in [0.4, 0.5) is 0 Å². The van der Waals surface area contributed by atoms with Gasteiger partial charge in [-0.3, -0.25) is 4.79 Å². The minimum absolute atomic E-state index is 0.0473. The van der Waals surface area contributed by atoms with Crippen LogP contribution in [-0.4, -0.2) is 17.5 Å². The molecule has 0 aromatic heterocycles. The molecule has 0 aliphatic rings. The number of allylic oxidation sites excluding steroid dienone is 2.